The average molecular weight is 467 g/mol. The Labute approximate surface area is 181 Å². The lowest BCUT2D eigenvalue weighted by Gasteiger charge is -2.19. The van der Waals surface area contributed by atoms with Crippen LogP contribution >= 0.6 is 22.9 Å². The van der Waals surface area contributed by atoms with Crippen LogP contribution in [0.15, 0.2) is 58.9 Å². The number of carbonyl (C=O) groups is 1. The number of nitrogens with zero attached hydrogens (tertiary/aromatic N) is 1. The molecule has 2 aromatic carbocycles. The van der Waals surface area contributed by atoms with Gasteiger partial charge in [0.2, 0.25) is 6.10 Å². The third kappa shape index (κ3) is 4.48. The second kappa shape index (κ2) is 8.33. The first kappa shape index (κ1) is 20.8. The number of hydrogen-bond acceptors (Lipinski definition) is 6. The van der Waals surface area contributed by atoms with Crippen LogP contribution in [-0.4, -0.2) is 24.6 Å². The number of aromatic nitrogens is 1. The second-order valence-electron chi connectivity index (χ2n) is 6.71. The van der Waals surface area contributed by atoms with Gasteiger partial charge in [-0.3, -0.25) is 10.1 Å². The SMILES string of the molecule is O=C(Nc1nccs1)C(Oc1ccc(F)c(Cl)c1)c1ccc(S(=O)(=O)C2CC2)cc1. The van der Waals surface area contributed by atoms with E-state index in [2.05, 4.69) is 10.3 Å². The van der Waals surface area contributed by atoms with Crippen molar-refractivity contribution in [3.05, 3.63) is 70.4 Å². The molecule has 1 aliphatic carbocycles. The van der Waals surface area contributed by atoms with Gasteiger partial charge in [0.1, 0.15) is 11.6 Å². The Bertz CT molecular complexity index is 1160. The van der Waals surface area contributed by atoms with Crippen LogP contribution in [0.25, 0.3) is 0 Å². The smallest absolute Gasteiger partial charge is 0.271 e. The molecule has 1 amide bonds. The van der Waals surface area contributed by atoms with E-state index in [1.54, 1.807) is 11.6 Å². The largest absolute Gasteiger partial charge is 0.476 e. The van der Waals surface area contributed by atoms with Gasteiger partial charge in [0.05, 0.1) is 15.2 Å². The van der Waals surface area contributed by atoms with Crippen LogP contribution in [0.2, 0.25) is 5.02 Å². The number of nitrogens with one attached hydrogen (secondary N) is 1. The van der Waals surface area contributed by atoms with E-state index < -0.39 is 27.7 Å². The summed E-state index contributed by atoms with van der Waals surface area (Å²) in [6.07, 6.45) is 1.75. The minimum Gasteiger partial charge on any atom is -0.476 e. The van der Waals surface area contributed by atoms with E-state index in [4.69, 9.17) is 16.3 Å². The van der Waals surface area contributed by atoms with Crippen molar-refractivity contribution < 1.29 is 22.3 Å². The van der Waals surface area contributed by atoms with Crippen molar-refractivity contribution in [2.24, 2.45) is 0 Å². The fraction of sp³-hybridized carbons (Fsp3) is 0.200. The fourth-order valence-electron chi connectivity index (χ4n) is 2.82. The topological polar surface area (TPSA) is 85.4 Å². The molecule has 0 spiro atoms. The molecule has 1 N–H and O–H groups in total. The van der Waals surface area contributed by atoms with Gasteiger partial charge in [-0.15, -0.1) is 11.3 Å². The summed E-state index contributed by atoms with van der Waals surface area (Å²) in [6.45, 7) is 0. The van der Waals surface area contributed by atoms with Crippen molar-refractivity contribution in [2.75, 3.05) is 5.32 Å². The molecule has 0 radical (unpaired) electrons. The summed E-state index contributed by atoms with van der Waals surface area (Å²) in [5.74, 6) is -0.930. The van der Waals surface area contributed by atoms with E-state index in [9.17, 15) is 17.6 Å². The number of benzene rings is 2. The highest BCUT2D eigenvalue weighted by molar-refractivity contribution is 7.92. The lowest BCUT2D eigenvalue weighted by molar-refractivity contribution is -0.123. The van der Waals surface area contributed by atoms with Crippen LogP contribution in [0, 0.1) is 5.82 Å². The molecule has 0 aliphatic heterocycles. The number of carbonyl (C=O) groups excluding carboxylic acids is 1. The van der Waals surface area contributed by atoms with Crippen molar-refractivity contribution in [1.82, 2.24) is 4.98 Å². The summed E-state index contributed by atoms with van der Waals surface area (Å²) in [4.78, 5) is 17.1. The first-order valence-corrected chi connectivity index (χ1v) is 11.8. The lowest BCUT2D eigenvalue weighted by Crippen LogP contribution is -2.25. The van der Waals surface area contributed by atoms with E-state index in [-0.39, 0.29) is 20.9 Å². The predicted octanol–water partition coefficient (Wildman–Crippen LogP) is 4.63. The Morgan fingerprint density at radius 2 is 1.97 bits per heavy atom. The Morgan fingerprint density at radius 1 is 1.23 bits per heavy atom. The number of hydrogen-bond donors (Lipinski definition) is 1. The van der Waals surface area contributed by atoms with Gasteiger partial charge in [0.25, 0.3) is 5.91 Å². The van der Waals surface area contributed by atoms with E-state index >= 15 is 0 Å². The summed E-state index contributed by atoms with van der Waals surface area (Å²) in [7, 11) is -3.35. The Hall–Kier alpha value is -2.49. The molecule has 10 heteroatoms. The highest BCUT2D eigenvalue weighted by Gasteiger charge is 2.37. The average Bonchev–Trinajstić information content (AvgIpc) is 3.48. The highest BCUT2D eigenvalue weighted by Crippen LogP contribution is 2.34. The third-order valence-corrected chi connectivity index (χ3v) is 7.78. The Morgan fingerprint density at radius 3 is 2.57 bits per heavy atom. The van der Waals surface area contributed by atoms with Gasteiger partial charge in [-0.1, -0.05) is 23.7 Å². The molecule has 1 fully saturated rings. The first-order chi connectivity index (χ1) is 14.3. The molecule has 1 saturated carbocycles. The molecule has 1 aliphatic rings. The van der Waals surface area contributed by atoms with Crippen molar-refractivity contribution in [2.45, 2.75) is 29.1 Å². The molecule has 30 heavy (non-hydrogen) atoms. The number of rotatable bonds is 7. The first-order valence-electron chi connectivity index (χ1n) is 9.00. The van der Waals surface area contributed by atoms with Gasteiger partial charge >= 0.3 is 0 Å². The molecule has 4 rings (SSSR count). The normalized spacial score (nSPS) is 14.9. The van der Waals surface area contributed by atoms with Crippen LogP contribution in [0.1, 0.15) is 24.5 Å². The molecule has 6 nitrogen and oxygen atoms in total. The Balaban J connectivity index is 1.63. The van der Waals surface area contributed by atoms with Gasteiger partial charge in [0.15, 0.2) is 15.0 Å². The molecule has 1 atom stereocenters. The zero-order valence-electron chi connectivity index (χ0n) is 15.4. The van der Waals surface area contributed by atoms with Gasteiger partial charge in [-0.05, 0) is 37.1 Å². The molecule has 0 saturated heterocycles. The van der Waals surface area contributed by atoms with Crippen molar-refractivity contribution in [3.63, 3.8) is 0 Å². The summed E-state index contributed by atoms with van der Waals surface area (Å²) >= 11 is 7.06. The maximum absolute atomic E-state index is 13.5. The van der Waals surface area contributed by atoms with Crippen LogP contribution in [0.3, 0.4) is 0 Å². The van der Waals surface area contributed by atoms with Crippen molar-refractivity contribution in [1.29, 1.82) is 0 Å². The van der Waals surface area contributed by atoms with Crippen LogP contribution < -0.4 is 10.1 Å². The molecule has 1 heterocycles. The number of halogens is 2. The van der Waals surface area contributed by atoms with Gasteiger partial charge in [-0.2, -0.15) is 0 Å². The molecule has 156 valence electrons. The fourth-order valence-corrected chi connectivity index (χ4v) is 5.18. The van der Waals surface area contributed by atoms with Crippen LogP contribution in [0.4, 0.5) is 9.52 Å². The lowest BCUT2D eigenvalue weighted by atomic mass is 10.1. The summed E-state index contributed by atoms with van der Waals surface area (Å²) < 4.78 is 44.1. The molecular formula is C20H16ClFN2O4S2. The molecule has 1 aromatic heterocycles. The summed E-state index contributed by atoms with van der Waals surface area (Å²) in [5, 5.41) is 4.29. The third-order valence-electron chi connectivity index (χ3n) is 4.52. The zero-order valence-corrected chi connectivity index (χ0v) is 17.8. The second-order valence-corrected chi connectivity index (χ2v) is 10.2. The van der Waals surface area contributed by atoms with E-state index in [1.807, 2.05) is 0 Å². The number of ether oxygens (including phenoxy) is 1. The van der Waals surface area contributed by atoms with E-state index in [1.165, 1.54) is 47.7 Å². The minimum absolute atomic E-state index is 0.141. The number of amides is 1. The number of sulfone groups is 1. The van der Waals surface area contributed by atoms with Gasteiger partial charge in [-0.25, -0.2) is 17.8 Å². The zero-order chi connectivity index (χ0) is 21.3. The predicted molar refractivity (Wildman–Crippen MR) is 112 cm³/mol. The highest BCUT2D eigenvalue weighted by atomic mass is 35.5. The maximum Gasteiger partial charge on any atom is 0.271 e. The maximum atomic E-state index is 13.5. The summed E-state index contributed by atoms with van der Waals surface area (Å²) in [5.41, 5.74) is 0.430. The standard InChI is InChI=1S/C20H16ClFN2O4S2/c21-16-11-13(3-8-17(16)22)28-18(19(25)24-20-23-9-10-29-20)12-1-4-14(5-2-12)30(26,27)15-6-7-15/h1-5,8-11,15,18H,6-7H2,(H,23,24,25). The van der Waals surface area contributed by atoms with E-state index in [0.717, 1.165) is 6.07 Å². The van der Waals surface area contributed by atoms with Crippen LogP contribution in [0.5, 0.6) is 5.75 Å². The molecule has 0 bridgehead atoms. The molecule has 1 unspecified atom stereocenters. The van der Waals surface area contributed by atoms with Crippen molar-refractivity contribution in [3.8, 4) is 5.75 Å². The van der Waals surface area contributed by atoms with E-state index in [0.29, 0.717) is 23.5 Å². The Kier molecular flexibility index (Phi) is 5.77. The molecule has 3 aromatic rings. The van der Waals surface area contributed by atoms with Gasteiger partial charge < -0.3 is 4.74 Å². The number of thiazole rings is 1. The van der Waals surface area contributed by atoms with Crippen LogP contribution in [-0.2, 0) is 14.6 Å². The summed E-state index contributed by atoms with van der Waals surface area (Å²) in [6, 6.07) is 9.77. The monoisotopic (exact) mass is 466 g/mol. The minimum atomic E-state index is -3.35. The van der Waals surface area contributed by atoms with Gasteiger partial charge in [0, 0.05) is 23.2 Å². The number of anilines is 1. The van der Waals surface area contributed by atoms with Crippen molar-refractivity contribution >= 4 is 43.8 Å². The quantitative estimate of drug-likeness (QED) is 0.548. The molecular weight excluding hydrogens is 451 g/mol.